The summed E-state index contributed by atoms with van der Waals surface area (Å²) >= 11 is 0. The van der Waals surface area contributed by atoms with Crippen molar-refractivity contribution in [1.82, 2.24) is 10.2 Å². The topological polar surface area (TPSA) is 86.7 Å². The molecule has 1 aliphatic heterocycles. The Kier molecular flexibility index (Phi) is 6.98. The van der Waals surface area contributed by atoms with Crippen LogP contribution in [-0.2, 0) is 14.4 Å². The van der Waals surface area contributed by atoms with Gasteiger partial charge in [0.1, 0.15) is 0 Å². The van der Waals surface area contributed by atoms with Gasteiger partial charge >= 0.3 is 5.97 Å². The molecule has 0 aliphatic carbocycles. The first-order valence-corrected chi connectivity index (χ1v) is 8.80. The Bertz CT molecular complexity index is 603. The molecule has 2 amide bonds. The average molecular weight is 346 g/mol. The summed E-state index contributed by atoms with van der Waals surface area (Å²) in [6.07, 6.45) is 3.54. The molecule has 1 fully saturated rings. The van der Waals surface area contributed by atoms with Crippen LogP contribution in [-0.4, -0.2) is 40.4 Å². The lowest BCUT2D eigenvalue weighted by Crippen LogP contribution is -2.45. The number of hydrogen-bond acceptors (Lipinski definition) is 3. The molecule has 1 heterocycles. The van der Waals surface area contributed by atoms with Crippen molar-refractivity contribution in [3.05, 3.63) is 35.9 Å². The first-order valence-electron chi connectivity index (χ1n) is 8.80. The molecule has 0 unspecified atom stereocenters. The van der Waals surface area contributed by atoms with Crippen molar-refractivity contribution >= 4 is 17.8 Å². The third kappa shape index (κ3) is 5.89. The molecule has 2 N–H and O–H groups in total. The molecule has 2 rings (SSSR count). The Labute approximate surface area is 148 Å². The Morgan fingerprint density at radius 2 is 1.96 bits per heavy atom. The lowest BCUT2D eigenvalue weighted by Gasteiger charge is -2.36. The molecule has 25 heavy (non-hydrogen) atoms. The summed E-state index contributed by atoms with van der Waals surface area (Å²) in [5.41, 5.74) is 0.894. The van der Waals surface area contributed by atoms with Gasteiger partial charge in [-0.3, -0.25) is 14.4 Å². The van der Waals surface area contributed by atoms with Gasteiger partial charge in [-0.2, -0.15) is 0 Å². The molecule has 0 aromatic heterocycles. The Morgan fingerprint density at radius 1 is 1.24 bits per heavy atom. The van der Waals surface area contributed by atoms with E-state index >= 15 is 0 Å². The molecule has 2 atom stereocenters. The number of nitrogens with zero attached hydrogens (tertiary/aromatic N) is 1. The van der Waals surface area contributed by atoms with Crippen LogP contribution in [0.15, 0.2) is 30.3 Å². The second kappa shape index (κ2) is 9.20. The van der Waals surface area contributed by atoms with Gasteiger partial charge in [0.05, 0.1) is 12.5 Å². The van der Waals surface area contributed by atoms with E-state index in [9.17, 15) is 14.4 Å². The zero-order valence-corrected chi connectivity index (χ0v) is 14.6. The number of carboxylic acid groups (broad SMARTS) is 1. The summed E-state index contributed by atoms with van der Waals surface area (Å²) in [6.45, 7) is 2.10. The third-order valence-corrected chi connectivity index (χ3v) is 4.60. The van der Waals surface area contributed by atoms with Crippen LogP contribution in [0.1, 0.15) is 57.1 Å². The van der Waals surface area contributed by atoms with Crippen LogP contribution in [0.4, 0.5) is 0 Å². The second-order valence-electron chi connectivity index (χ2n) is 6.54. The molecule has 0 bridgehead atoms. The predicted octanol–water partition coefficient (Wildman–Crippen LogP) is 2.50. The minimum atomic E-state index is -0.835. The fraction of sp³-hybridized carbons (Fsp3) is 0.526. The number of benzene rings is 1. The second-order valence-corrected chi connectivity index (χ2v) is 6.54. The van der Waals surface area contributed by atoms with E-state index in [-0.39, 0.29) is 36.7 Å². The van der Waals surface area contributed by atoms with E-state index in [4.69, 9.17) is 5.11 Å². The average Bonchev–Trinajstić information content (AvgIpc) is 2.60. The van der Waals surface area contributed by atoms with Gasteiger partial charge in [-0.1, -0.05) is 30.3 Å². The van der Waals surface area contributed by atoms with Gasteiger partial charge in [-0.25, -0.2) is 0 Å². The van der Waals surface area contributed by atoms with Gasteiger partial charge < -0.3 is 15.3 Å². The first-order chi connectivity index (χ1) is 12.0. The van der Waals surface area contributed by atoms with Gasteiger partial charge in [0.2, 0.25) is 11.8 Å². The molecule has 0 saturated carbocycles. The quantitative estimate of drug-likeness (QED) is 0.794. The van der Waals surface area contributed by atoms with Crippen LogP contribution in [0, 0.1) is 0 Å². The number of rotatable bonds is 7. The Balaban J connectivity index is 2.07. The Morgan fingerprint density at radius 3 is 2.60 bits per heavy atom. The van der Waals surface area contributed by atoms with Crippen molar-refractivity contribution in [1.29, 1.82) is 0 Å². The standard InChI is InChI=1S/C19H26N2O4/c1-14(22)20-17(15-7-3-2-4-8-15)13-18(23)21-12-6-5-9-16(21)10-11-19(24)25/h2-4,7-8,16-17H,5-6,9-13H2,1H3,(H,20,22)(H,24,25)/t16-,17+/m0/s1. The summed E-state index contributed by atoms with van der Waals surface area (Å²) in [5, 5.41) is 11.8. The van der Waals surface area contributed by atoms with Crippen molar-refractivity contribution in [3.63, 3.8) is 0 Å². The molecule has 6 nitrogen and oxygen atoms in total. The number of hydrogen-bond donors (Lipinski definition) is 2. The maximum absolute atomic E-state index is 12.8. The lowest BCUT2D eigenvalue weighted by atomic mass is 9.96. The van der Waals surface area contributed by atoms with Crippen molar-refractivity contribution in [2.75, 3.05) is 6.54 Å². The SMILES string of the molecule is CC(=O)N[C@H](CC(=O)N1CCCC[C@H]1CCC(=O)O)c1ccccc1. The fourth-order valence-electron chi connectivity index (χ4n) is 3.39. The van der Waals surface area contributed by atoms with E-state index in [1.165, 1.54) is 6.92 Å². The van der Waals surface area contributed by atoms with Crippen molar-refractivity contribution in [3.8, 4) is 0 Å². The van der Waals surface area contributed by atoms with E-state index < -0.39 is 5.97 Å². The number of carbonyl (C=O) groups excluding carboxylic acids is 2. The molecule has 1 aromatic rings. The number of likely N-dealkylation sites (tertiary alicyclic amines) is 1. The smallest absolute Gasteiger partial charge is 0.303 e. The summed E-state index contributed by atoms with van der Waals surface area (Å²) in [5.74, 6) is -1.04. The van der Waals surface area contributed by atoms with Gasteiger partial charge in [0.15, 0.2) is 0 Å². The van der Waals surface area contributed by atoms with Gasteiger partial charge in [0.25, 0.3) is 0 Å². The van der Waals surface area contributed by atoms with E-state index in [0.29, 0.717) is 13.0 Å². The molecule has 0 spiro atoms. The summed E-state index contributed by atoms with van der Waals surface area (Å²) in [6, 6.07) is 9.05. The minimum Gasteiger partial charge on any atom is -0.481 e. The van der Waals surface area contributed by atoms with Crippen LogP contribution < -0.4 is 5.32 Å². The van der Waals surface area contributed by atoms with E-state index in [2.05, 4.69) is 5.32 Å². The fourth-order valence-corrected chi connectivity index (χ4v) is 3.39. The van der Waals surface area contributed by atoms with Crippen LogP contribution in [0.25, 0.3) is 0 Å². The highest BCUT2D eigenvalue weighted by molar-refractivity contribution is 5.79. The van der Waals surface area contributed by atoms with Crippen molar-refractivity contribution < 1.29 is 19.5 Å². The maximum Gasteiger partial charge on any atom is 0.303 e. The van der Waals surface area contributed by atoms with Crippen molar-refractivity contribution in [2.24, 2.45) is 0 Å². The number of nitrogens with one attached hydrogen (secondary N) is 1. The van der Waals surface area contributed by atoms with Gasteiger partial charge in [-0.15, -0.1) is 0 Å². The molecular weight excluding hydrogens is 320 g/mol. The summed E-state index contributed by atoms with van der Waals surface area (Å²) in [4.78, 5) is 37.0. The van der Waals surface area contributed by atoms with E-state index in [0.717, 1.165) is 24.8 Å². The number of aliphatic carboxylic acids is 1. The molecule has 1 aromatic carbocycles. The monoisotopic (exact) mass is 346 g/mol. The molecular formula is C19H26N2O4. The maximum atomic E-state index is 12.8. The summed E-state index contributed by atoms with van der Waals surface area (Å²) < 4.78 is 0. The normalized spacial score (nSPS) is 18.4. The lowest BCUT2D eigenvalue weighted by molar-refractivity contribution is -0.140. The molecule has 0 radical (unpaired) electrons. The van der Waals surface area contributed by atoms with Crippen LogP contribution >= 0.6 is 0 Å². The molecule has 1 saturated heterocycles. The number of piperidine rings is 1. The summed E-state index contributed by atoms with van der Waals surface area (Å²) in [7, 11) is 0. The van der Waals surface area contributed by atoms with E-state index in [1.807, 2.05) is 35.2 Å². The zero-order chi connectivity index (χ0) is 18.2. The first kappa shape index (κ1) is 19.0. The minimum absolute atomic E-state index is 0.0221. The predicted molar refractivity (Wildman–Crippen MR) is 93.8 cm³/mol. The largest absolute Gasteiger partial charge is 0.481 e. The number of carbonyl (C=O) groups is 3. The van der Waals surface area contributed by atoms with Gasteiger partial charge in [0, 0.05) is 25.9 Å². The van der Waals surface area contributed by atoms with Crippen molar-refractivity contribution in [2.45, 2.75) is 57.5 Å². The van der Waals surface area contributed by atoms with Crippen LogP contribution in [0.5, 0.6) is 0 Å². The van der Waals surface area contributed by atoms with Crippen LogP contribution in [0.2, 0.25) is 0 Å². The van der Waals surface area contributed by atoms with Gasteiger partial charge in [-0.05, 0) is 31.2 Å². The highest BCUT2D eigenvalue weighted by atomic mass is 16.4. The highest BCUT2D eigenvalue weighted by Crippen LogP contribution is 2.25. The number of amides is 2. The highest BCUT2D eigenvalue weighted by Gasteiger charge is 2.29. The molecule has 136 valence electrons. The van der Waals surface area contributed by atoms with E-state index in [1.54, 1.807) is 0 Å². The van der Waals surface area contributed by atoms with Crippen LogP contribution in [0.3, 0.4) is 0 Å². The zero-order valence-electron chi connectivity index (χ0n) is 14.6. The molecule has 1 aliphatic rings. The number of carboxylic acids is 1. The third-order valence-electron chi connectivity index (χ3n) is 4.60. The molecule has 6 heteroatoms. The Hall–Kier alpha value is -2.37.